The van der Waals surface area contributed by atoms with Crippen molar-refractivity contribution in [1.82, 2.24) is 5.32 Å². The molecule has 1 rings (SSSR count). The van der Waals surface area contributed by atoms with Crippen LogP contribution in [0.3, 0.4) is 0 Å². The van der Waals surface area contributed by atoms with Gasteiger partial charge in [-0.1, -0.05) is 13.0 Å². The molecule has 0 heterocycles. The number of hydrogen-bond acceptors (Lipinski definition) is 5. The first-order chi connectivity index (χ1) is 9.53. The van der Waals surface area contributed by atoms with Gasteiger partial charge >= 0.3 is 11.9 Å². The Bertz CT molecular complexity index is 512. The van der Waals surface area contributed by atoms with E-state index in [-0.39, 0.29) is 11.1 Å². The number of methoxy groups -OCH3 is 2. The molecule has 0 aliphatic carbocycles. The minimum Gasteiger partial charge on any atom is -0.467 e. The SMILES string of the molecule is CC[C@H](NC(=O)c1cccc(C(=O)OC)c1)C(=O)OC. The molecule has 1 aromatic rings. The molecular weight excluding hydrogens is 262 g/mol. The molecule has 6 heteroatoms. The zero-order chi connectivity index (χ0) is 15.1. The Hall–Kier alpha value is -2.37. The average molecular weight is 279 g/mol. The van der Waals surface area contributed by atoms with E-state index in [0.29, 0.717) is 6.42 Å². The van der Waals surface area contributed by atoms with Crippen LogP contribution in [0.2, 0.25) is 0 Å². The molecule has 0 saturated carbocycles. The third-order valence-electron chi connectivity index (χ3n) is 2.75. The first kappa shape index (κ1) is 15.7. The Balaban J connectivity index is 2.87. The lowest BCUT2D eigenvalue weighted by atomic mass is 10.1. The highest BCUT2D eigenvalue weighted by Crippen LogP contribution is 2.07. The molecule has 1 atom stereocenters. The van der Waals surface area contributed by atoms with Crippen LogP contribution in [0.15, 0.2) is 24.3 Å². The second-order valence-corrected chi connectivity index (χ2v) is 4.03. The summed E-state index contributed by atoms with van der Waals surface area (Å²) < 4.78 is 9.18. The van der Waals surface area contributed by atoms with Crippen molar-refractivity contribution in [3.63, 3.8) is 0 Å². The van der Waals surface area contributed by atoms with Gasteiger partial charge in [-0.3, -0.25) is 4.79 Å². The largest absolute Gasteiger partial charge is 0.467 e. The number of rotatable bonds is 5. The van der Waals surface area contributed by atoms with Gasteiger partial charge in [0.15, 0.2) is 0 Å². The summed E-state index contributed by atoms with van der Waals surface area (Å²) in [6.45, 7) is 1.76. The van der Waals surface area contributed by atoms with Gasteiger partial charge in [-0.05, 0) is 24.6 Å². The minimum absolute atomic E-state index is 0.270. The number of nitrogens with one attached hydrogen (secondary N) is 1. The summed E-state index contributed by atoms with van der Waals surface area (Å²) in [5.74, 6) is -1.49. The maximum Gasteiger partial charge on any atom is 0.337 e. The lowest BCUT2D eigenvalue weighted by Crippen LogP contribution is -2.41. The molecule has 1 aromatic carbocycles. The standard InChI is InChI=1S/C14H17NO5/c1-4-11(14(18)20-3)15-12(16)9-6-5-7-10(8-9)13(17)19-2/h5-8,11H,4H2,1-3H3,(H,15,16)/t11-/m0/s1. The molecule has 0 aliphatic rings. The molecule has 0 spiro atoms. The molecule has 0 aliphatic heterocycles. The molecule has 108 valence electrons. The molecule has 6 nitrogen and oxygen atoms in total. The summed E-state index contributed by atoms with van der Waals surface area (Å²) >= 11 is 0. The number of carbonyl (C=O) groups is 3. The van der Waals surface area contributed by atoms with Crippen LogP contribution in [0, 0.1) is 0 Å². The van der Waals surface area contributed by atoms with Crippen molar-refractivity contribution in [3.8, 4) is 0 Å². The maximum atomic E-state index is 12.0. The van der Waals surface area contributed by atoms with E-state index in [1.54, 1.807) is 25.1 Å². The predicted octanol–water partition coefficient (Wildman–Crippen LogP) is 1.15. The summed E-state index contributed by atoms with van der Waals surface area (Å²) in [5.41, 5.74) is 0.543. The molecular formula is C14H17NO5. The fourth-order valence-corrected chi connectivity index (χ4v) is 1.62. The van der Waals surface area contributed by atoms with Gasteiger partial charge in [0.1, 0.15) is 6.04 Å². The van der Waals surface area contributed by atoms with Crippen LogP contribution in [0.1, 0.15) is 34.1 Å². The van der Waals surface area contributed by atoms with E-state index >= 15 is 0 Å². The molecule has 0 unspecified atom stereocenters. The van der Waals surface area contributed by atoms with Crippen molar-refractivity contribution in [2.45, 2.75) is 19.4 Å². The molecule has 0 aromatic heterocycles. The van der Waals surface area contributed by atoms with Gasteiger partial charge in [0, 0.05) is 5.56 Å². The van der Waals surface area contributed by atoms with Crippen LogP contribution in [0.5, 0.6) is 0 Å². The van der Waals surface area contributed by atoms with E-state index < -0.39 is 23.9 Å². The molecule has 1 N–H and O–H groups in total. The Morgan fingerprint density at radius 2 is 1.80 bits per heavy atom. The first-order valence-electron chi connectivity index (χ1n) is 6.10. The number of amides is 1. The summed E-state index contributed by atoms with van der Waals surface area (Å²) in [6, 6.07) is 5.35. The van der Waals surface area contributed by atoms with Crippen LogP contribution in [-0.4, -0.2) is 38.1 Å². The molecule has 1 amide bonds. The average Bonchev–Trinajstić information content (AvgIpc) is 2.50. The van der Waals surface area contributed by atoms with Gasteiger partial charge in [0.05, 0.1) is 19.8 Å². The van der Waals surface area contributed by atoms with Crippen LogP contribution in [0.25, 0.3) is 0 Å². The van der Waals surface area contributed by atoms with E-state index in [1.807, 2.05) is 0 Å². The summed E-state index contributed by atoms with van der Waals surface area (Å²) in [4.78, 5) is 34.8. The number of ether oxygens (including phenoxy) is 2. The molecule has 0 bridgehead atoms. The maximum absolute atomic E-state index is 12.0. The Labute approximate surface area is 117 Å². The van der Waals surface area contributed by atoms with Crippen LogP contribution < -0.4 is 5.32 Å². The zero-order valence-electron chi connectivity index (χ0n) is 11.6. The third-order valence-corrected chi connectivity index (χ3v) is 2.75. The van der Waals surface area contributed by atoms with Gasteiger partial charge in [-0.2, -0.15) is 0 Å². The molecule has 20 heavy (non-hydrogen) atoms. The number of esters is 2. The highest BCUT2D eigenvalue weighted by molar-refractivity contribution is 5.99. The van der Waals surface area contributed by atoms with Gasteiger partial charge in [0.25, 0.3) is 5.91 Å². The van der Waals surface area contributed by atoms with Gasteiger partial charge in [0.2, 0.25) is 0 Å². The van der Waals surface area contributed by atoms with Crippen molar-refractivity contribution in [1.29, 1.82) is 0 Å². The summed E-state index contributed by atoms with van der Waals surface area (Å²) in [5, 5.41) is 2.55. The highest BCUT2D eigenvalue weighted by atomic mass is 16.5. The van der Waals surface area contributed by atoms with Crippen molar-refractivity contribution in [2.24, 2.45) is 0 Å². The van der Waals surface area contributed by atoms with E-state index in [9.17, 15) is 14.4 Å². The summed E-state index contributed by atoms with van der Waals surface area (Å²) in [6.07, 6.45) is 0.412. The normalized spacial score (nSPS) is 11.3. The van der Waals surface area contributed by atoms with Crippen molar-refractivity contribution < 1.29 is 23.9 Å². The third kappa shape index (κ3) is 3.81. The topological polar surface area (TPSA) is 81.7 Å². The molecule has 0 fully saturated rings. The first-order valence-corrected chi connectivity index (χ1v) is 6.10. The van der Waals surface area contributed by atoms with Crippen LogP contribution in [0.4, 0.5) is 0 Å². The van der Waals surface area contributed by atoms with Gasteiger partial charge < -0.3 is 14.8 Å². The number of hydrogen-bond donors (Lipinski definition) is 1. The smallest absolute Gasteiger partial charge is 0.337 e. The quantitative estimate of drug-likeness (QED) is 0.818. The molecule has 0 radical (unpaired) electrons. The van der Waals surface area contributed by atoms with E-state index in [4.69, 9.17) is 0 Å². The summed E-state index contributed by atoms with van der Waals surface area (Å²) in [7, 11) is 2.52. The fourth-order valence-electron chi connectivity index (χ4n) is 1.62. The monoisotopic (exact) mass is 279 g/mol. The van der Waals surface area contributed by atoms with Crippen LogP contribution in [-0.2, 0) is 14.3 Å². The highest BCUT2D eigenvalue weighted by Gasteiger charge is 2.20. The predicted molar refractivity (Wildman–Crippen MR) is 71.3 cm³/mol. The Morgan fingerprint density at radius 3 is 2.35 bits per heavy atom. The molecule has 0 saturated heterocycles. The Kier molecular flexibility index (Phi) is 5.71. The van der Waals surface area contributed by atoms with E-state index in [2.05, 4.69) is 14.8 Å². The number of benzene rings is 1. The lowest BCUT2D eigenvalue weighted by molar-refractivity contribution is -0.142. The van der Waals surface area contributed by atoms with Crippen molar-refractivity contribution >= 4 is 17.8 Å². The minimum atomic E-state index is -0.714. The Morgan fingerprint density at radius 1 is 1.15 bits per heavy atom. The lowest BCUT2D eigenvalue weighted by Gasteiger charge is -2.14. The van der Waals surface area contributed by atoms with E-state index in [0.717, 1.165) is 0 Å². The van der Waals surface area contributed by atoms with Gasteiger partial charge in [-0.15, -0.1) is 0 Å². The van der Waals surface area contributed by atoms with Crippen molar-refractivity contribution in [2.75, 3.05) is 14.2 Å². The fraction of sp³-hybridized carbons (Fsp3) is 0.357. The van der Waals surface area contributed by atoms with Crippen molar-refractivity contribution in [3.05, 3.63) is 35.4 Å². The number of carbonyl (C=O) groups excluding carboxylic acids is 3. The zero-order valence-corrected chi connectivity index (χ0v) is 11.6. The van der Waals surface area contributed by atoms with Crippen LogP contribution >= 0.6 is 0 Å². The second kappa shape index (κ2) is 7.28. The van der Waals surface area contributed by atoms with E-state index in [1.165, 1.54) is 20.3 Å². The van der Waals surface area contributed by atoms with Gasteiger partial charge in [-0.25, -0.2) is 9.59 Å². The second-order valence-electron chi connectivity index (χ2n) is 4.03.